The van der Waals surface area contributed by atoms with Crippen LogP contribution in [0.2, 0.25) is 0 Å². The van der Waals surface area contributed by atoms with Crippen molar-refractivity contribution in [2.75, 3.05) is 46.4 Å². The Balaban J connectivity index is 1.43. The van der Waals surface area contributed by atoms with Gasteiger partial charge < -0.3 is 4.74 Å². The number of aromatic nitrogens is 2. The highest BCUT2D eigenvalue weighted by atomic mass is 16.5. The summed E-state index contributed by atoms with van der Waals surface area (Å²) >= 11 is 0. The summed E-state index contributed by atoms with van der Waals surface area (Å²) in [6.45, 7) is 12.6. The molecular formula is C16H27N5O. The predicted molar refractivity (Wildman–Crippen MR) is 85.9 cm³/mol. The third-order valence-corrected chi connectivity index (χ3v) is 4.79. The van der Waals surface area contributed by atoms with Gasteiger partial charge in [-0.1, -0.05) is 0 Å². The van der Waals surface area contributed by atoms with E-state index in [1.54, 1.807) is 13.3 Å². The van der Waals surface area contributed by atoms with Crippen molar-refractivity contribution < 1.29 is 4.74 Å². The van der Waals surface area contributed by atoms with Crippen LogP contribution in [0.1, 0.15) is 19.5 Å². The highest BCUT2D eigenvalue weighted by Gasteiger charge is 2.33. The molecule has 1 aromatic heterocycles. The van der Waals surface area contributed by atoms with E-state index in [9.17, 15) is 0 Å². The van der Waals surface area contributed by atoms with Gasteiger partial charge in [0.05, 0.1) is 12.8 Å². The second-order valence-electron chi connectivity index (χ2n) is 6.55. The zero-order chi connectivity index (χ0) is 15.5. The van der Waals surface area contributed by atoms with E-state index < -0.39 is 0 Å². The first kappa shape index (κ1) is 15.6. The minimum atomic E-state index is 0.458. The summed E-state index contributed by atoms with van der Waals surface area (Å²) in [6.07, 6.45) is 1.77. The molecule has 0 amide bonds. The molecule has 3 heterocycles. The van der Waals surface area contributed by atoms with Gasteiger partial charge in [0.15, 0.2) is 0 Å². The van der Waals surface area contributed by atoms with Crippen molar-refractivity contribution in [1.82, 2.24) is 24.7 Å². The average molecular weight is 305 g/mol. The Kier molecular flexibility index (Phi) is 4.90. The molecule has 0 saturated carbocycles. The van der Waals surface area contributed by atoms with Gasteiger partial charge in [0.25, 0.3) is 0 Å². The van der Waals surface area contributed by atoms with Crippen LogP contribution in [0.5, 0.6) is 6.01 Å². The van der Waals surface area contributed by atoms with Gasteiger partial charge in [0, 0.05) is 64.1 Å². The van der Waals surface area contributed by atoms with Gasteiger partial charge >= 0.3 is 6.01 Å². The molecule has 0 aliphatic carbocycles. The second-order valence-corrected chi connectivity index (χ2v) is 6.55. The lowest BCUT2D eigenvalue weighted by molar-refractivity contribution is -0.00468. The number of hydrogen-bond donors (Lipinski definition) is 0. The summed E-state index contributed by atoms with van der Waals surface area (Å²) in [5, 5.41) is 0. The molecule has 0 N–H and O–H groups in total. The molecule has 2 saturated heterocycles. The Hall–Kier alpha value is -1.24. The van der Waals surface area contributed by atoms with Gasteiger partial charge in [0.1, 0.15) is 0 Å². The van der Waals surface area contributed by atoms with Crippen LogP contribution in [0.25, 0.3) is 0 Å². The van der Waals surface area contributed by atoms with Crippen LogP contribution in [-0.2, 0) is 6.54 Å². The van der Waals surface area contributed by atoms with E-state index in [0.717, 1.165) is 31.4 Å². The van der Waals surface area contributed by atoms with Gasteiger partial charge in [-0.15, -0.1) is 0 Å². The lowest BCUT2D eigenvalue weighted by atomic mass is 10.1. The normalized spacial score (nSPS) is 22.0. The van der Waals surface area contributed by atoms with E-state index in [2.05, 4.69) is 38.5 Å². The number of ether oxygens (including phenoxy) is 1. The maximum absolute atomic E-state index is 5.08. The molecule has 0 aromatic carbocycles. The third kappa shape index (κ3) is 3.56. The van der Waals surface area contributed by atoms with Crippen molar-refractivity contribution in [2.24, 2.45) is 0 Å². The molecule has 0 radical (unpaired) electrons. The Morgan fingerprint density at radius 1 is 1.23 bits per heavy atom. The van der Waals surface area contributed by atoms with Crippen molar-refractivity contribution in [1.29, 1.82) is 0 Å². The van der Waals surface area contributed by atoms with Gasteiger partial charge in [-0.25, -0.2) is 4.98 Å². The predicted octanol–water partition coefficient (Wildman–Crippen LogP) is 0.695. The van der Waals surface area contributed by atoms with Crippen molar-refractivity contribution >= 4 is 0 Å². The minimum Gasteiger partial charge on any atom is -0.467 e. The maximum Gasteiger partial charge on any atom is 0.316 e. The van der Waals surface area contributed by atoms with E-state index in [1.165, 1.54) is 26.2 Å². The number of likely N-dealkylation sites (tertiary alicyclic amines) is 1. The zero-order valence-electron chi connectivity index (χ0n) is 13.9. The topological polar surface area (TPSA) is 44.7 Å². The van der Waals surface area contributed by atoms with Gasteiger partial charge in [-0.2, -0.15) is 4.98 Å². The number of nitrogens with zero attached hydrogens (tertiary/aromatic N) is 5. The molecule has 122 valence electrons. The number of rotatable bonds is 5. The highest BCUT2D eigenvalue weighted by molar-refractivity contribution is 5.06. The first-order valence-electron chi connectivity index (χ1n) is 8.22. The van der Waals surface area contributed by atoms with Crippen LogP contribution in [0, 0.1) is 0 Å². The lowest BCUT2D eigenvalue weighted by Gasteiger charge is -2.48. The smallest absolute Gasteiger partial charge is 0.316 e. The summed E-state index contributed by atoms with van der Waals surface area (Å²) in [4.78, 5) is 16.1. The van der Waals surface area contributed by atoms with Gasteiger partial charge in [-0.3, -0.25) is 14.7 Å². The molecule has 2 fully saturated rings. The fourth-order valence-corrected chi connectivity index (χ4v) is 3.31. The van der Waals surface area contributed by atoms with Crippen molar-refractivity contribution in [3.8, 4) is 6.01 Å². The monoisotopic (exact) mass is 305 g/mol. The number of piperazine rings is 1. The molecule has 6 heteroatoms. The largest absolute Gasteiger partial charge is 0.467 e. The molecule has 2 aliphatic rings. The highest BCUT2D eigenvalue weighted by Crippen LogP contribution is 2.19. The third-order valence-electron chi connectivity index (χ3n) is 4.79. The van der Waals surface area contributed by atoms with Gasteiger partial charge in [-0.05, 0) is 19.9 Å². The molecule has 0 unspecified atom stereocenters. The molecule has 22 heavy (non-hydrogen) atoms. The van der Waals surface area contributed by atoms with E-state index in [-0.39, 0.29) is 0 Å². The first-order chi connectivity index (χ1) is 10.7. The van der Waals surface area contributed by atoms with Crippen LogP contribution in [-0.4, -0.2) is 83.1 Å². The Labute approximate surface area is 133 Å². The van der Waals surface area contributed by atoms with Gasteiger partial charge in [0.2, 0.25) is 0 Å². The quantitative estimate of drug-likeness (QED) is 0.798. The van der Waals surface area contributed by atoms with E-state index >= 15 is 0 Å². The SMILES string of the molecule is COc1nccc(CN2CC(N3CCN(C(C)C)CC3)C2)n1. The zero-order valence-corrected chi connectivity index (χ0v) is 13.9. The van der Waals surface area contributed by atoms with Crippen LogP contribution in [0.15, 0.2) is 12.3 Å². The Morgan fingerprint density at radius 3 is 2.59 bits per heavy atom. The van der Waals surface area contributed by atoms with E-state index in [4.69, 9.17) is 4.74 Å². The Morgan fingerprint density at radius 2 is 1.95 bits per heavy atom. The second kappa shape index (κ2) is 6.89. The molecule has 0 atom stereocenters. The van der Waals surface area contributed by atoms with Crippen LogP contribution in [0.4, 0.5) is 0 Å². The Bertz CT molecular complexity index is 481. The maximum atomic E-state index is 5.08. The number of hydrogen-bond acceptors (Lipinski definition) is 6. The molecular weight excluding hydrogens is 278 g/mol. The van der Waals surface area contributed by atoms with Crippen LogP contribution >= 0.6 is 0 Å². The van der Waals surface area contributed by atoms with E-state index in [1.807, 2.05) is 6.07 Å². The summed E-state index contributed by atoms with van der Waals surface area (Å²) in [6, 6.07) is 3.82. The van der Waals surface area contributed by atoms with Crippen molar-refractivity contribution in [2.45, 2.75) is 32.5 Å². The first-order valence-corrected chi connectivity index (χ1v) is 8.22. The van der Waals surface area contributed by atoms with Crippen LogP contribution < -0.4 is 4.74 Å². The molecule has 2 aliphatic heterocycles. The van der Waals surface area contributed by atoms with Crippen LogP contribution in [0.3, 0.4) is 0 Å². The van der Waals surface area contributed by atoms with E-state index in [0.29, 0.717) is 12.1 Å². The van der Waals surface area contributed by atoms with Crippen molar-refractivity contribution in [3.05, 3.63) is 18.0 Å². The molecule has 6 nitrogen and oxygen atoms in total. The summed E-state index contributed by atoms with van der Waals surface area (Å²) in [5.74, 6) is 0. The number of methoxy groups -OCH3 is 1. The summed E-state index contributed by atoms with van der Waals surface area (Å²) < 4.78 is 5.08. The molecule has 3 rings (SSSR count). The fourth-order valence-electron chi connectivity index (χ4n) is 3.31. The molecule has 0 bridgehead atoms. The summed E-state index contributed by atoms with van der Waals surface area (Å²) in [5.41, 5.74) is 1.04. The lowest BCUT2D eigenvalue weighted by Crippen LogP contribution is -2.63. The summed E-state index contributed by atoms with van der Waals surface area (Å²) in [7, 11) is 1.61. The molecule has 1 aromatic rings. The standard InChI is InChI=1S/C16H27N5O/c1-13(2)20-6-8-21(9-7-20)15-11-19(12-15)10-14-4-5-17-16(18-14)22-3/h4-5,13,15H,6-12H2,1-3H3. The fraction of sp³-hybridized carbons (Fsp3) is 0.750. The minimum absolute atomic E-state index is 0.458. The van der Waals surface area contributed by atoms with Crippen molar-refractivity contribution in [3.63, 3.8) is 0 Å². The average Bonchev–Trinajstić information content (AvgIpc) is 2.51. The molecule has 0 spiro atoms.